The summed E-state index contributed by atoms with van der Waals surface area (Å²) in [6, 6.07) is 5.18. The number of nitrogens with one attached hydrogen (secondary N) is 1. The molecule has 0 radical (unpaired) electrons. The van der Waals surface area contributed by atoms with Crippen LogP contribution in [0.2, 0.25) is 0 Å². The van der Waals surface area contributed by atoms with E-state index in [9.17, 15) is 18.8 Å². The van der Waals surface area contributed by atoms with Crippen LogP contribution < -0.4 is 5.32 Å². The molecular weight excluding hydrogens is 397 g/mol. The molecule has 0 aliphatic carbocycles. The minimum atomic E-state index is -0.546. The second-order valence-electron chi connectivity index (χ2n) is 9.17. The van der Waals surface area contributed by atoms with E-state index >= 15 is 0 Å². The van der Waals surface area contributed by atoms with Gasteiger partial charge in [-0.15, -0.1) is 0 Å². The molecule has 31 heavy (non-hydrogen) atoms. The molecule has 170 valence electrons. The molecule has 2 aliphatic rings. The molecule has 1 aromatic rings. The van der Waals surface area contributed by atoms with E-state index in [-0.39, 0.29) is 29.6 Å². The summed E-state index contributed by atoms with van der Waals surface area (Å²) < 4.78 is 13.5. The number of piperidine rings is 2. The van der Waals surface area contributed by atoms with Gasteiger partial charge in [-0.1, -0.05) is 19.9 Å². The average Bonchev–Trinajstić information content (AvgIpc) is 2.77. The second kappa shape index (κ2) is 10.7. The number of hydrogen-bond donors (Lipinski definition) is 1. The van der Waals surface area contributed by atoms with Gasteiger partial charge in [-0.25, -0.2) is 4.39 Å². The first-order valence-corrected chi connectivity index (χ1v) is 11.5. The lowest BCUT2D eigenvalue weighted by Gasteiger charge is -2.38. The van der Waals surface area contributed by atoms with Crippen LogP contribution in [0.1, 0.15) is 62.7 Å². The zero-order chi connectivity index (χ0) is 22.4. The summed E-state index contributed by atoms with van der Waals surface area (Å²) in [4.78, 5) is 42.1. The van der Waals surface area contributed by atoms with Crippen LogP contribution in [0.5, 0.6) is 0 Å². The van der Waals surface area contributed by atoms with Crippen LogP contribution in [0.15, 0.2) is 24.3 Å². The maximum atomic E-state index is 13.5. The Labute approximate surface area is 184 Å². The van der Waals surface area contributed by atoms with Crippen LogP contribution in [0.25, 0.3) is 0 Å². The number of hydrogen-bond acceptors (Lipinski definition) is 3. The van der Waals surface area contributed by atoms with E-state index in [0.29, 0.717) is 37.9 Å². The number of nitrogens with zero attached hydrogens (tertiary/aromatic N) is 2. The first kappa shape index (κ1) is 23.2. The van der Waals surface area contributed by atoms with Crippen LogP contribution >= 0.6 is 0 Å². The highest BCUT2D eigenvalue weighted by Crippen LogP contribution is 2.25. The number of amides is 3. The standard InChI is InChI=1S/C24H34FN3O3/c1-17(2)15-21(29)26-22(24(31)27-11-4-3-5-12-27)18-9-13-28(14-10-18)23(30)19-7-6-8-20(25)16-19/h6-8,16-18,22H,3-5,9-15H2,1-2H3,(H,26,29). The van der Waals surface area contributed by atoms with E-state index in [1.165, 1.54) is 18.2 Å². The van der Waals surface area contributed by atoms with Gasteiger partial charge in [0.05, 0.1) is 0 Å². The van der Waals surface area contributed by atoms with Crippen molar-refractivity contribution in [1.82, 2.24) is 15.1 Å². The Morgan fingerprint density at radius 1 is 1.03 bits per heavy atom. The van der Waals surface area contributed by atoms with Gasteiger partial charge in [0.25, 0.3) is 5.91 Å². The van der Waals surface area contributed by atoms with E-state index in [1.807, 2.05) is 18.7 Å². The molecule has 3 amide bonds. The van der Waals surface area contributed by atoms with Gasteiger partial charge in [0, 0.05) is 38.2 Å². The van der Waals surface area contributed by atoms with Gasteiger partial charge in [0.1, 0.15) is 11.9 Å². The van der Waals surface area contributed by atoms with Gasteiger partial charge in [-0.05, 0) is 62.1 Å². The summed E-state index contributed by atoms with van der Waals surface area (Å²) in [7, 11) is 0. The van der Waals surface area contributed by atoms with E-state index in [1.54, 1.807) is 11.0 Å². The Morgan fingerprint density at radius 2 is 1.71 bits per heavy atom. The predicted octanol–water partition coefficient (Wildman–Crippen LogP) is 3.22. The summed E-state index contributed by atoms with van der Waals surface area (Å²) >= 11 is 0. The zero-order valence-electron chi connectivity index (χ0n) is 18.6. The molecule has 0 bridgehead atoms. The summed E-state index contributed by atoms with van der Waals surface area (Å²) in [5.74, 6) is -0.504. The third-order valence-corrected chi connectivity index (χ3v) is 6.21. The fourth-order valence-corrected chi connectivity index (χ4v) is 4.54. The van der Waals surface area contributed by atoms with Crippen molar-refractivity contribution in [3.63, 3.8) is 0 Å². The highest BCUT2D eigenvalue weighted by Gasteiger charge is 2.36. The number of carbonyl (C=O) groups excluding carboxylic acids is 3. The molecule has 2 aliphatic heterocycles. The van der Waals surface area contributed by atoms with Crippen LogP contribution in [0.3, 0.4) is 0 Å². The van der Waals surface area contributed by atoms with Gasteiger partial charge < -0.3 is 15.1 Å². The summed E-state index contributed by atoms with van der Waals surface area (Å²) in [6.45, 7) is 6.43. The van der Waals surface area contributed by atoms with Crippen molar-refractivity contribution in [2.75, 3.05) is 26.2 Å². The Bertz CT molecular complexity index is 784. The molecule has 3 rings (SSSR count). The van der Waals surface area contributed by atoms with Crippen molar-refractivity contribution in [2.24, 2.45) is 11.8 Å². The third kappa shape index (κ3) is 6.28. The first-order valence-electron chi connectivity index (χ1n) is 11.5. The van der Waals surface area contributed by atoms with Gasteiger partial charge in [0.15, 0.2) is 0 Å². The maximum Gasteiger partial charge on any atom is 0.253 e. The minimum Gasteiger partial charge on any atom is -0.344 e. The van der Waals surface area contributed by atoms with Gasteiger partial charge in [0.2, 0.25) is 11.8 Å². The van der Waals surface area contributed by atoms with Crippen LogP contribution in [0.4, 0.5) is 4.39 Å². The molecule has 6 nitrogen and oxygen atoms in total. The Morgan fingerprint density at radius 3 is 2.32 bits per heavy atom. The van der Waals surface area contributed by atoms with Gasteiger partial charge in [-0.2, -0.15) is 0 Å². The summed E-state index contributed by atoms with van der Waals surface area (Å²) in [5.41, 5.74) is 0.338. The number of likely N-dealkylation sites (tertiary alicyclic amines) is 2. The number of carbonyl (C=O) groups is 3. The van der Waals surface area contributed by atoms with Crippen molar-refractivity contribution in [3.8, 4) is 0 Å². The van der Waals surface area contributed by atoms with Crippen LogP contribution in [-0.4, -0.2) is 59.7 Å². The molecule has 1 unspecified atom stereocenters. The number of halogens is 1. The normalized spacial score (nSPS) is 18.7. The molecule has 7 heteroatoms. The quantitative estimate of drug-likeness (QED) is 0.752. The van der Waals surface area contributed by atoms with Crippen molar-refractivity contribution >= 4 is 17.7 Å². The average molecular weight is 432 g/mol. The maximum absolute atomic E-state index is 13.5. The molecule has 0 spiro atoms. The van der Waals surface area contributed by atoms with Gasteiger partial charge in [-0.3, -0.25) is 14.4 Å². The second-order valence-corrected chi connectivity index (χ2v) is 9.17. The highest BCUT2D eigenvalue weighted by molar-refractivity contribution is 5.94. The van der Waals surface area contributed by atoms with Crippen molar-refractivity contribution < 1.29 is 18.8 Å². The molecule has 2 heterocycles. The molecule has 2 saturated heterocycles. The minimum absolute atomic E-state index is 0.00622. The zero-order valence-corrected chi connectivity index (χ0v) is 18.6. The fourth-order valence-electron chi connectivity index (χ4n) is 4.54. The number of rotatable bonds is 6. The predicted molar refractivity (Wildman–Crippen MR) is 117 cm³/mol. The summed E-state index contributed by atoms with van der Waals surface area (Å²) in [6.07, 6.45) is 4.79. The topological polar surface area (TPSA) is 69.7 Å². The summed E-state index contributed by atoms with van der Waals surface area (Å²) in [5, 5.41) is 3.02. The Kier molecular flexibility index (Phi) is 8.04. The third-order valence-electron chi connectivity index (χ3n) is 6.21. The Hall–Kier alpha value is -2.44. The number of benzene rings is 1. The SMILES string of the molecule is CC(C)CC(=O)NC(C(=O)N1CCCCC1)C1CCN(C(=O)c2cccc(F)c2)CC1. The monoisotopic (exact) mass is 431 g/mol. The van der Waals surface area contributed by atoms with Crippen LogP contribution in [-0.2, 0) is 9.59 Å². The van der Waals surface area contributed by atoms with E-state index in [2.05, 4.69) is 5.32 Å². The molecule has 2 fully saturated rings. The van der Waals surface area contributed by atoms with Gasteiger partial charge >= 0.3 is 0 Å². The molecule has 1 atom stereocenters. The molecule has 0 aromatic heterocycles. The van der Waals surface area contributed by atoms with Crippen molar-refractivity contribution in [3.05, 3.63) is 35.6 Å². The molecule has 0 saturated carbocycles. The lowest BCUT2D eigenvalue weighted by Crippen LogP contribution is -2.55. The lowest BCUT2D eigenvalue weighted by atomic mass is 9.87. The largest absolute Gasteiger partial charge is 0.344 e. The molecule has 1 N–H and O–H groups in total. The fraction of sp³-hybridized carbons (Fsp3) is 0.625. The molecule has 1 aromatic carbocycles. The van der Waals surface area contributed by atoms with Crippen molar-refractivity contribution in [1.29, 1.82) is 0 Å². The first-order chi connectivity index (χ1) is 14.8. The van der Waals surface area contributed by atoms with E-state index in [4.69, 9.17) is 0 Å². The van der Waals surface area contributed by atoms with Crippen molar-refractivity contribution in [2.45, 2.75) is 58.4 Å². The van der Waals surface area contributed by atoms with E-state index in [0.717, 1.165) is 32.4 Å². The Balaban J connectivity index is 1.66. The smallest absolute Gasteiger partial charge is 0.253 e. The molecular formula is C24H34FN3O3. The van der Waals surface area contributed by atoms with E-state index < -0.39 is 11.9 Å². The highest BCUT2D eigenvalue weighted by atomic mass is 19.1. The van der Waals surface area contributed by atoms with Crippen LogP contribution in [0, 0.1) is 17.7 Å². The lowest BCUT2D eigenvalue weighted by molar-refractivity contribution is -0.139.